The number of aliphatic carboxylic acids is 1. The molecule has 0 radical (unpaired) electrons. The maximum atomic E-state index is 12.2. The number of urea groups is 1. The van der Waals surface area contributed by atoms with Crippen LogP contribution < -0.4 is 5.32 Å². The number of carboxylic acids is 1. The third kappa shape index (κ3) is 6.13. The molecule has 1 aliphatic carbocycles. The molecule has 6 nitrogen and oxygen atoms in total. The van der Waals surface area contributed by atoms with Gasteiger partial charge in [0, 0.05) is 24.9 Å². The molecule has 0 bridgehead atoms. The molecule has 1 saturated carbocycles. The van der Waals surface area contributed by atoms with Crippen LogP contribution in [0.2, 0.25) is 0 Å². The van der Waals surface area contributed by atoms with Crippen LogP contribution in [0.5, 0.6) is 0 Å². The number of hydrogen-bond donors (Lipinski definition) is 2. The van der Waals surface area contributed by atoms with E-state index in [1.165, 1.54) is 31.3 Å². The van der Waals surface area contributed by atoms with Crippen molar-refractivity contribution in [3.05, 3.63) is 0 Å². The van der Waals surface area contributed by atoms with Crippen molar-refractivity contribution in [2.75, 3.05) is 39.6 Å². The van der Waals surface area contributed by atoms with Crippen LogP contribution in [0, 0.1) is 0 Å². The summed E-state index contributed by atoms with van der Waals surface area (Å²) in [6, 6.07) is -0.326. The molecule has 0 heterocycles. The van der Waals surface area contributed by atoms with Crippen molar-refractivity contribution in [1.29, 1.82) is 0 Å². The molecular formula is C14H26N2O4S. The summed E-state index contributed by atoms with van der Waals surface area (Å²) in [6.45, 7) is 0.896. The van der Waals surface area contributed by atoms with Crippen LogP contribution in [-0.4, -0.2) is 66.4 Å². The number of carboxylic acid groups (broad SMARTS) is 1. The van der Waals surface area contributed by atoms with Crippen LogP contribution in [0.25, 0.3) is 0 Å². The summed E-state index contributed by atoms with van der Waals surface area (Å²) in [5.74, 6) is -1.02. The Balaban J connectivity index is 2.52. The first-order valence-electron chi connectivity index (χ1n) is 7.31. The largest absolute Gasteiger partial charge is 0.480 e. The quantitative estimate of drug-likeness (QED) is 0.713. The molecule has 2 N–H and O–H groups in total. The van der Waals surface area contributed by atoms with Crippen LogP contribution in [0.3, 0.4) is 0 Å². The van der Waals surface area contributed by atoms with E-state index in [2.05, 4.69) is 11.6 Å². The summed E-state index contributed by atoms with van der Waals surface area (Å²) in [6.07, 6.45) is 7.93. The highest BCUT2D eigenvalue weighted by atomic mass is 32.2. The third-order valence-electron chi connectivity index (χ3n) is 3.94. The Hall–Kier alpha value is -0.950. The van der Waals surface area contributed by atoms with Gasteiger partial charge in [-0.15, -0.1) is 0 Å². The minimum atomic E-state index is -1.02. The van der Waals surface area contributed by atoms with Gasteiger partial charge in [0.05, 0.1) is 6.61 Å². The number of amides is 2. The van der Waals surface area contributed by atoms with E-state index in [1.54, 1.807) is 11.8 Å². The fourth-order valence-corrected chi connectivity index (χ4v) is 3.53. The van der Waals surface area contributed by atoms with E-state index < -0.39 is 5.97 Å². The average Bonchev–Trinajstić information content (AvgIpc) is 2.49. The highest BCUT2D eigenvalue weighted by molar-refractivity contribution is 8.00. The van der Waals surface area contributed by atoms with E-state index >= 15 is 0 Å². The van der Waals surface area contributed by atoms with Crippen molar-refractivity contribution in [1.82, 2.24) is 10.2 Å². The van der Waals surface area contributed by atoms with E-state index in [9.17, 15) is 9.59 Å². The molecule has 1 aliphatic rings. The second kappa shape index (κ2) is 9.15. The Labute approximate surface area is 130 Å². The predicted octanol–water partition coefficient (Wildman–Crippen LogP) is 1.79. The summed E-state index contributed by atoms with van der Waals surface area (Å²) in [7, 11) is 1.53. The van der Waals surface area contributed by atoms with E-state index in [1.807, 2.05) is 0 Å². The van der Waals surface area contributed by atoms with E-state index in [0.717, 1.165) is 12.8 Å². The summed E-state index contributed by atoms with van der Waals surface area (Å²) in [5.41, 5.74) is 0. The first kappa shape index (κ1) is 18.1. The SMILES string of the molecule is COCCN(CC(=O)O)C(=O)NCC1(SC)CCCCC1. The average molecular weight is 318 g/mol. The van der Waals surface area contributed by atoms with E-state index in [4.69, 9.17) is 9.84 Å². The zero-order valence-electron chi connectivity index (χ0n) is 12.9. The first-order chi connectivity index (χ1) is 10.0. The molecule has 0 aliphatic heterocycles. The molecule has 122 valence electrons. The topological polar surface area (TPSA) is 78.9 Å². The molecule has 0 aromatic heterocycles. The number of rotatable bonds is 8. The van der Waals surface area contributed by atoms with Crippen molar-refractivity contribution in [2.24, 2.45) is 0 Å². The standard InChI is InChI=1S/C14H26N2O4S/c1-20-9-8-16(10-12(17)18)13(19)15-11-14(21-2)6-4-3-5-7-14/h3-11H2,1-2H3,(H,15,19)(H,17,18). The maximum Gasteiger partial charge on any atom is 0.323 e. The normalized spacial score (nSPS) is 17.2. The second-order valence-electron chi connectivity index (χ2n) is 5.41. The van der Waals surface area contributed by atoms with Gasteiger partial charge >= 0.3 is 12.0 Å². The molecule has 21 heavy (non-hydrogen) atoms. The van der Waals surface area contributed by atoms with Crippen molar-refractivity contribution in [3.8, 4) is 0 Å². The van der Waals surface area contributed by atoms with Crippen LogP contribution in [0.1, 0.15) is 32.1 Å². The van der Waals surface area contributed by atoms with Crippen LogP contribution in [0.15, 0.2) is 0 Å². The number of nitrogens with zero attached hydrogens (tertiary/aromatic N) is 1. The fourth-order valence-electron chi connectivity index (χ4n) is 2.61. The molecule has 0 atom stereocenters. The number of hydrogen-bond acceptors (Lipinski definition) is 4. The minimum Gasteiger partial charge on any atom is -0.480 e. The highest BCUT2D eigenvalue weighted by Crippen LogP contribution is 2.37. The summed E-state index contributed by atoms with van der Waals surface area (Å²) < 4.78 is 5.02. The Bertz CT molecular complexity index is 346. The molecule has 0 spiro atoms. The van der Waals surface area contributed by atoms with Crippen LogP contribution in [-0.2, 0) is 9.53 Å². The van der Waals surface area contributed by atoms with Crippen molar-refractivity contribution < 1.29 is 19.4 Å². The number of thioether (sulfide) groups is 1. The molecule has 7 heteroatoms. The Kier molecular flexibility index (Phi) is 7.88. The van der Waals surface area contributed by atoms with Crippen LogP contribution >= 0.6 is 11.8 Å². The van der Waals surface area contributed by atoms with Gasteiger partial charge in [0.2, 0.25) is 0 Å². The number of methoxy groups -OCH3 is 1. The lowest BCUT2D eigenvalue weighted by Gasteiger charge is -2.36. The number of carbonyl (C=O) groups is 2. The van der Waals surface area contributed by atoms with Gasteiger partial charge in [-0.2, -0.15) is 11.8 Å². The summed E-state index contributed by atoms with van der Waals surface area (Å²) in [4.78, 5) is 24.3. The van der Waals surface area contributed by atoms with E-state index in [-0.39, 0.29) is 23.9 Å². The smallest absolute Gasteiger partial charge is 0.323 e. The maximum absolute atomic E-state index is 12.2. The Morgan fingerprint density at radius 3 is 2.52 bits per heavy atom. The van der Waals surface area contributed by atoms with Gasteiger partial charge in [-0.05, 0) is 19.1 Å². The zero-order chi connectivity index (χ0) is 15.7. The third-order valence-corrected chi connectivity index (χ3v) is 5.36. The second-order valence-corrected chi connectivity index (χ2v) is 6.69. The number of ether oxygens (including phenoxy) is 1. The molecule has 0 aromatic carbocycles. The molecule has 0 saturated heterocycles. The summed E-state index contributed by atoms with van der Waals surface area (Å²) in [5, 5.41) is 11.8. The molecule has 1 rings (SSSR count). The molecule has 0 unspecified atom stereocenters. The van der Waals surface area contributed by atoms with Gasteiger partial charge in [0.15, 0.2) is 0 Å². The fraction of sp³-hybridized carbons (Fsp3) is 0.857. The minimum absolute atomic E-state index is 0.101. The van der Waals surface area contributed by atoms with Gasteiger partial charge in [0.25, 0.3) is 0 Å². The van der Waals surface area contributed by atoms with Crippen molar-refractivity contribution in [2.45, 2.75) is 36.9 Å². The van der Waals surface area contributed by atoms with Gasteiger partial charge in [0.1, 0.15) is 6.54 Å². The monoisotopic (exact) mass is 318 g/mol. The molecule has 0 aromatic rings. The first-order valence-corrected chi connectivity index (χ1v) is 8.54. The van der Waals surface area contributed by atoms with Crippen LogP contribution in [0.4, 0.5) is 4.79 Å². The Morgan fingerprint density at radius 2 is 2.00 bits per heavy atom. The van der Waals surface area contributed by atoms with Gasteiger partial charge < -0.3 is 20.1 Å². The van der Waals surface area contributed by atoms with Crippen molar-refractivity contribution in [3.63, 3.8) is 0 Å². The zero-order valence-corrected chi connectivity index (χ0v) is 13.7. The lowest BCUT2D eigenvalue weighted by molar-refractivity contribution is -0.137. The Morgan fingerprint density at radius 1 is 1.33 bits per heavy atom. The highest BCUT2D eigenvalue weighted by Gasteiger charge is 2.32. The number of nitrogens with one attached hydrogen (secondary N) is 1. The van der Waals surface area contributed by atoms with E-state index in [0.29, 0.717) is 13.2 Å². The van der Waals surface area contributed by atoms with Crippen molar-refractivity contribution >= 4 is 23.8 Å². The summed E-state index contributed by atoms with van der Waals surface area (Å²) >= 11 is 1.80. The molecule has 2 amide bonds. The lowest BCUT2D eigenvalue weighted by Crippen LogP contribution is -2.49. The van der Waals surface area contributed by atoms with Gasteiger partial charge in [-0.3, -0.25) is 4.79 Å². The molecule has 1 fully saturated rings. The molecular weight excluding hydrogens is 292 g/mol. The van der Waals surface area contributed by atoms with Gasteiger partial charge in [-0.1, -0.05) is 19.3 Å². The van der Waals surface area contributed by atoms with Gasteiger partial charge in [-0.25, -0.2) is 4.79 Å². The lowest BCUT2D eigenvalue weighted by atomic mass is 9.88. The number of carbonyl (C=O) groups excluding carboxylic acids is 1. The predicted molar refractivity (Wildman–Crippen MR) is 83.8 cm³/mol.